The van der Waals surface area contributed by atoms with Crippen molar-refractivity contribution < 1.29 is 0 Å². The van der Waals surface area contributed by atoms with Gasteiger partial charge in [0.25, 0.3) is 0 Å². The average Bonchev–Trinajstić information content (AvgIpc) is 2.70. The van der Waals surface area contributed by atoms with E-state index in [4.69, 9.17) is 40.5 Å². The Hall–Kier alpha value is -0.740. The molecule has 3 nitrogen and oxygen atoms in total. The van der Waals surface area contributed by atoms with Gasteiger partial charge in [0.05, 0.1) is 23.0 Å². The Labute approximate surface area is 120 Å². The fourth-order valence-electron chi connectivity index (χ4n) is 1.88. The molecule has 1 aromatic carbocycles. The highest BCUT2D eigenvalue weighted by molar-refractivity contribution is 6.36. The van der Waals surface area contributed by atoms with Crippen molar-refractivity contribution in [2.45, 2.75) is 19.5 Å². The molecule has 0 bridgehead atoms. The van der Waals surface area contributed by atoms with Crippen LogP contribution >= 0.6 is 34.8 Å². The van der Waals surface area contributed by atoms with Gasteiger partial charge < -0.3 is 5.73 Å². The number of nitrogens with two attached hydrogens (primary N) is 1. The van der Waals surface area contributed by atoms with E-state index >= 15 is 0 Å². The first-order valence-corrected chi connectivity index (χ1v) is 6.60. The summed E-state index contributed by atoms with van der Waals surface area (Å²) < 4.78 is 1.74. The summed E-state index contributed by atoms with van der Waals surface area (Å²) in [4.78, 5) is 0. The summed E-state index contributed by atoms with van der Waals surface area (Å²) in [5.74, 6) is 0. The summed E-state index contributed by atoms with van der Waals surface area (Å²) in [5.41, 5.74) is 7.61. The van der Waals surface area contributed by atoms with Crippen molar-refractivity contribution >= 4 is 34.8 Å². The van der Waals surface area contributed by atoms with Gasteiger partial charge in [-0.15, -0.1) is 0 Å². The largest absolute Gasteiger partial charge is 0.319 e. The predicted molar refractivity (Wildman–Crippen MR) is 75.4 cm³/mol. The Balaban J connectivity index is 2.54. The molecule has 0 radical (unpaired) electrons. The van der Waals surface area contributed by atoms with E-state index in [1.165, 1.54) is 0 Å². The number of nitrogens with zero attached hydrogens (tertiary/aromatic N) is 2. The number of hydrogen-bond acceptors (Lipinski definition) is 2. The minimum Gasteiger partial charge on any atom is -0.319 e. The molecule has 0 aliphatic rings. The summed E-state index contributed by atoms with van der Waals surface area (Å²) in [6.07, 6.45) is 1.57. The van der Waals surface area contributed by atoms with Gasteiger partial charge in [-0.3, -0.25) is 4.68 Å². The van der Waals surface area contributed by atoms with Crippen LogP contribution in [0.3, 0.4) is 0 Å². The van der Waals surface area contributed by atoms with E-state index in [9.17, 15) is 0 Å². The quantitative estimate of drug-likeness (QED) is 0.934. The Bertz CT molecular complexity index is 545. The summed E-state index contributed by atoms with van der Waals surface area (Å²) in [6, 6.07) is 4.78. The second-order valence-corrected chi connectivity index (χ2v) is 5.03. The third-order valence-electron chi connectivity index (χ3n) is 2.74. The molecule has 2 rings (SSSR count). The van der Waals surface area contributed by atoms with Gasteiger partial charge in [0.15, 0.2) is 0 Å². The molecule has 0 saturated carbocycles. The van der Waals surface area contributed by atoms with Crippen LogP contribution in [0.2, 0.25) is 15.1 Å². The number of hydrogen-bond donors (Lipinski definition) is 1. The lowest BCUT2D eigenvalue weighted by molar-refractivity contribution is 0.601. The summed E-state index contributed by atoms with van der Waals surface area (Å²) in [7, 11) is 0. The third kappa shape index (κ3) is 2.36. The molecule has 0 amide bonds. The fourth-order valence-corrected chi connectivity index (χ4v) is 2.77. The first kappa shape index (κ1) is 13.7. The first-order valence-electron chi connectivity index (χ1n) is 5.47. The van der Waals surface area contributed by atoms with Crippen LogP contribution < -0.4 is 5.73 Å². The van der Waals surface area contributed by atoms with E-state index in [1.54, 1.807) is 29.1 Å². The van der Waals surface area contributed by atoms with Gasteiger partial charge in [0.2, 0.25) is 0 Å². The van der Waals surface area contributed by atoms with Crippen LogP contribution in [0.1, 0.15) is 24.2 Å². The molecule has 6 heteroatoms. The molecule has 0 fully saturated rings. The minimum absolute atomic E-state index is 0.499. The first-order chi connectivity index (χ1) is 8.56. The fraction of sp³-hybridized carbons (Fsp3) is 0.250. The molecule has 2 N–H and O–H groups in total. The molecule has 0 aliphatic heterocycles. The second kappa shape index (κ2) is 5.49. The van der Waals surface area contributed by atoms with E-state index in [0.717, 1.165) is 0 Å². The molecule has 96 valence electrons. The zero-order chi connectivity index (χ0) is 13.3. The SMILES string of the molecule is CCn1ncc(Cl)c1C(N)c1c(Cl)cccc1Cl. The zero-order valence-electron chi connectivity index (χ0n) is 9.70. The minimum atomic E-state index is -0.499. The molecule has 2 aromatic rings. The lowest BCUT2D eigenvalue weighted by Crippen LogP contribution is -2.18. The monoisotopic (exact) mass is 303 g/mol. The van der Waals surface area contributed by atoms with E-state index in [2.05, 4.69) is 5.10 Å². The van der Waals surface area contributed by atoms with Crippen LogP contribution in [-0.4, -0.2) is 9.78 Å². The van der Waals surface area contributed by atoms with Gasteiger partial charge in [0.1, 0.15) is 0 Å². The molecule has 0 saturated heterocycles. The molecule has 0 spiro atoms. The molecule has 1 heterocycles. The number of aromatic nitrogens is 2. The Morgan fingerprint density at radius 2 is 1.83 bits per heavy atom. The molecule has 18 heavy (non-hydrogen) atoms. The Kier molecular flexibility index (Phi) is 4.17. The smallest absolute Gasteiger partial charge is 0.0837 e. The topological polar surface area (TPSA) is 43.8 Å². The number of rotatable bonds is 3. The van der Waals surface area contributed by atoms with Crippen molar-refractivity contribution in [3.05, 3.63) is 50.7 Å². The van der Waals surface area contributed by atoms with Crippen LogP contribution in [0.4, 0.5) is 0 Å². The van der Waals surface area contributed by atoms with Crippen LogP contribution in [0.15, 0.2) is 24.4 Å². The lowest BCUT2D eigenvalue weighted by atomic mass is 10.0. The maximum atomic E-state index is 6.23. The highest BCUT2D eigenvalue weighted by Gasteiger charge is 2.22. The van der Waals surface area contributed by atoms with Gasteiger partial charge >= 0.3 is 0 Å². The zero-order valence-corrected chi connectivity index (χ0v) is 12.0. The second-order valence-electron chi connectivity index (χ2n) is 3.81. The number of aryl methyl sites for hydroxylation is 1. The van der Waals surface area contributed by atoms with Crippen LogP contribution in [0.5, 0.6) is 0 Å². The maximum absolute atomic E-state index is 6.23. The number of benzene rings is 1. The predicted octanol–water partition coefficient (Wildman–Crippen LogP) is 3.91. The number of halogens is 3. The van der Waals surface area contributed by atoms with Gasteiger partial charge in [-0.05, 0) is 19.1 Å². The van der Waals surface area contributed by atoms with Crippen molar-refractivity contribution in [3.63, 3.8) is 0 Å². The van der Waals surface area contributed by atoms with E-state index < -0.39 is 6.04 Å². The maximum Gasteiger partial charge on any atom is 0.0837 e. The molecule has 1 aromatic heterocycles. The molecule has 1 unspecified atom stereocenters. The van der Waals surface area contributed by atoms with Crippen LogP contribution in [0, 0.1) is 0 Å². The van der Waals surface area contributed by atoms with Crippen LogP contribution in [-0.2, 0) is 6.54 Å². The molecular weight excluding hydrogens is 293 g/mol. The van der Waals surface area contributed by atoms with Crippen molar-refractivity contribution in [3.8, 4) is 0 Å². The Morgan fingerprint density at radius 1 is 1.22 bits per heavy atom. The highest BCUT2D eigenvalue weighted by atomic mass is 35.5. The Morgan fingerprint density at radius 3 is 2.39 bits per heavy atom. The molecule has 1 atom stereocenters. The lowest BCUT2D eigenvalue weighted by Gasteiger charge is -2.17. The van der Waals surface area contributed by atoms with Gasteiger partial charge in [-0.2, -0.15) is 5.10 Å². The molecule has 0 aliphatic carbocycles. The van der Waals surface area contributed by atoms with Crippen molar-refractivity contribution in [1.82, 2.24) is 9.78 Å². The molecular formula is C12H12Cl3N3. The summed E-state index contributed by atoms with van der Waals surface area (Å²) in [6.45, 7) is 2.64. The standard InChI is InChI=1S/C12H12Cl3N3/c1-2-18-12(9(15)6-17-18)11(16)10-7(13)4-3-5-8(10)14/h3-6,11H,2,16H2,1H3. The van der Waals surface area contributed by atoms with Crippen molar-refractivity contribution in [2.24, 2.45) is 5.73 Å². The van der Waals surface area contributed by atoms with Crippen molar-refractivity contribution in [2.75, 3.05) is 0 Å². The van der Waals surface area contributed by atoms with Gasteiger partial charge in [0, 0.05) is 22.2 Å². The third-order valence-corrected chi connectivity index (χ3v) is 3.69. The summed E-state index contributed by atoms with van der Waals surface area (Å²) >= 11 is 18.4. The van der Waals surface area contributed by atoms with E-state index in [0.29, 0.717) is 32.9 Å². The van der Waals surface area contributed by atoms with E-state index in [1.807, 2.05) is 6.92 Å². The van der Waals surface area contributed by atoms with E-state index in [-0.39, 0.29) is 0 Å². The van der Waals surface area contributed by atoms with Gasteiger partial charge in [-0.25, -0.2) is 0 Å². The van der Waals surface area contributed by atoms with Crippen LogP contribution in [0.25, 0.3) is 0 Å². The summed E-state index contributed by atoms with van der Waals surface area (Å²) in [5, 5.41) is 5.72. The van der Waals surface area contributed by atoms with Gasteiger partial charge in [-0.1, -0.05) is 40.9 Å². The normalized spacial score (nSPS) is 12.7. The average molecular weight is 305 g/mol. The van der Waals surface area contributed by atoms with Crippen molar-refractivity contribution in [1.29, 1.82) is 0 Å². The highest BCUT2D eigenvalue weighted by Crippen LogP contribution is 2.35.